The standard InChI is InChI=1S/C13H19FN2/c1-16-6-5-12(10-16)9-15-8-11-3-2-4-13(14)7-11/h2-4,7,12,15H,5-6,8-10H2,1H3. The second-order valence-corrected chi connectivity index (χ2v) is 4.68. The number of hydrogen-bond donors (Lipinski definition) is 1. The molecule has 1 aliphatic heterocycles. The zero-order chi connectivity index (χ0) is 11.4. The summed E-state index contributed by atoms with van der Waals surface area (Å²) in [5.41, 5.74) is 1.02. The molecule has 1 saturated heterocycles. The van der Waals surface area contributed by atoms with Gasteiger partial charge < -0.3 is 10.2 Å². The van der Waals surface area contributed by atoms with Crippen molar-refractivity contribution in [1.29, 1.82) is 0 Å². The van der Waals surface area contributed by atoms with Crippen molar-refractivity contribution >= 4 is 0 Å². The minimum Gasteiger partial charge on any atom is -0.312 e. The number of halogens is 1. The van der Waals surface area contributed by atoms with Crippen LogP contribution in [0.25, 0.3) is 0 Å². The Morgan fingerprint density at radius 2 is 2.38 bits per heavy atom. The fourth-order valence-corrected chi connectivity index (χ4v) is 2.26. The van der Waals surface area contributed by atoms with Crippen molar-refractivity contribution in [2.45, 2.75) is 13.0 Å². The minimum atomic E-state index is -0.153. The van der Waals surface area contributed by atoms with Crippen molar-refractivity contribution in [1.82, 2.24) is 10.2 Å². The normalized spacial score (nSPS) is 21.5. The Kier molecular flexibility index (Phi) is 3.91. The Labute approximate surface area is 96.5 Å². The Hall–Kier alpha value is -0.930. The van der Waals surface area contributed by atoms with Gasteiger partial charge in [-0.3, -0.25) is 0 Å². The average molecular weight is 222 g/mol. The van der Waals surface area contributed by atoms with Crippen LogP contribution in [-0.4, -0.2) is 31.6 Å². The fraction of sp³-hybridized carbons (Fsp3) is 0.538. The van der Waals surface area contributed by atoms with Crippen LogP contribution >= 0.6 is 0 Å². The van der Waals surface area contributed by atoms with E-state index >= 15 is 0 Å². The highest BCUT2D eigenvalue weighted by molar-refractivity contribution is 5.15. The van der Waals surface area contributed by atoms with E-state index in [1.807, 2.05) is 6.07 Å². The van der Waals surface area contributed by atoms with Crippen LogP contribution in [0, 0.1) is 11.7 Å². The van der Waals surface area contributed by atoms with Crippen molar-refractivity contribution in [3.8, 4) is 0 Å². The Bertz CT molecular complexity index is 340. The van der Waals surface area contributed by atoms with Gasteiger partial charge in [0.25, 0.3) is 0 Å². The number of benzene rings is 1. The molecule has 0 spiro atoms. The molecule has 0 saturated carbocycles. The van der Waals surface area contributed by atoms with Gasteiger partial charge in [-0.05, 0) is 50.2 Å². The largest absolute Gasteiger partial charge is 0.312 e. The molecule has 1 aromatic rings. The molecule has 88 valence electrons. The third kappa shape index (κ3) is 3.29. The summed E-state index contributed by atoms with van der Waals surface area (Å²) in [5.74, 6) is 0.596. The molecule has 1 aromatic carbocycles. The smallest absolute Gasteiger partial charge is 0.123 e. The molecular formula is C13H19FN2. The van der Waals surface area contributed by atoms with Crippen molar-refractivity contribution in [2.75, 3.05) is 26.7 Å². The number of nitrogens with one attached hydrogen (secondary N) is 1. The molecule has 2 rings (SSSR count). The van der Waals surface area contributed by atoms with Gasteiger partial charge in [0.05, 0.1) is 0 Å². The summed E-state index contributed by atoms with van der Waals surface area (Å²) in [6, 6.07) is 6.79. The maximum atomic E-state index is 12.9. The van der Waals surface area contributed by atoms with Gasteiger partial charge in [-0.1, -0.05) is 12.1 Å². The van der Waals surface area contributed by atoms with Crippen molar-refractivity contribution < 1.29 is 4.39 Å². The van der Waals surface area contributed by atoms with Gasteiger partial charge in [-0.2, -0.15) is 0 Å². The SMILES string of the molecule is CN1CCC(CNCc2cccc(F)c2)C1. The third-order valence-corrected chi connectivity index (χ3v) is 3.14. The van der Waals surface area contributed by atoms with Gasteiger partial charge in [0.1, 0.15) is 5.82 Å². The summed E-state index contributed by atoms with van der Waals surface area (Å²) in [6.45, 7) is 4.17. The maximum absolute atomic E-state index is 12.9. The van der Waals surface area contributed by atoms with Crippen molar-refractivity contribution in [3.05, 3.63) is 35.6 Å². The van der Waals surface area contributed by atoms with E-state index in [9.17, 15) is 4.39 Å². The molecule has 0 amide bonds. The van der Waals surface area contributed by atoms with Crippen LogP contribution in [0.4, 0.5) is 4.39 Å². The van der Waals surface area contributed by atoms with E-state index in [4.69, 9.17) is 0 Å². The second kappa shape index (κ2) is 5.41. The van der Waals surface area contributed by atoms with Crippen LogP contribution in [0.15, 0.2) is 24.3 Å². The summed E-state index contributed by atoms with van der Waals surface area (Å²) in [6.07, 6.45) is 1.27. The first-order valence-electron chi connectivity index (χ1n) is 5.88. The lowest BCUT2D eigenvalue weighted by Crippen LogP contribution is -2.24. The summed E-state index contributed by atoms with van der Waals surface area (Å²) >= 11 is 0. The maximum Gasteiger partial charge on any atom is 0.123 e. The summed E-state index contributed by atoms with van der Waals surface area (Å²) < 4.78 is 12.9. The van der Waals surface area contributed by atoms with E-state index < -0.39 is 0 Å². The van der Waals surface area contributed by atoms with Gasteiger partial charge in [-0.15, -0.1) is 0 Å². The molecule has 1 fully saturated rings. The van der Waals surface area contributed by atoms with Crippen molar-refractivity contribution in [2.24, 2.45) is 5.92 Å². The van der Waals surface area contributed by atoms with E-state index in [1.165, 1.54) is 25.6 Å². The number of nitrogens with zero attached hydrogens (tertiary/aromatic N) is 1. The Balaban J connectivity index is 1.72. The Morgan fingerprint density at radius 3 is 3.06 bits per heavy atom. The van der Waals surface area contributed by atoms with Crippen LogP contribution in [0.2, 0.25) is 0 Å². The van der Waals surface area contributed by atoms with Crippen molar-refractivity contribution in [3.63, 3.8) is 0 Å². The van der Waals surface area contributed by atoms with Gasteiger partial charge >= 0.3 is 0 Å². The Morgan fingerprint density at radius 1 is 1.50 bits per heavy atom. The molecule has 3 heteroatoms. The van der Waals surface area contributed by atoms with E-state index in [-0.39, 0.29) is 5.82 Å². The quantitative estimate of drug-likeness (QED) is 0.836. The molecule has 2 nitrogen and oxygen atoms in total. The summed E-state index contributed by atoms with van der Waals surface area (Å²) in [4.78, 5) is 2.36. The molecule has 0 aliphatic carbocycles. The van der Waals surface area contributed by atoms with E-state index in [0.29, 0.717) is 0 Å². The number of likely N-dealkylation sites (tertiary alicyclic amines) is 1. The first-order valence-corrected chi connectivity index (χ1v) is 5.88. The zero-order valence-corrected chi connectivity index (χ0v) is 9.75. The van der Waals surface area contributed by atoms with Crippen LogP contribution in [-0.2, 0) is 6.54 Å². The van der Waals surface area contributed by atoms with Gasteiger partial charge in [0, 0.05) is 13.1 Å². The van der Waals surface area contributed by atoms with Crippen LogP contribution in [0.3, 0.4) is 0 Å². The van der Waals surface area contributed by atoms with Crippen LogP contribution < -0.4 is 5.32 Å². The molecule has 1 aliphatic rings. The molecule has 1 heterocycles. The first kappa shape index (κ1) is 11.6. The topological polar surface area (TPSA) is 15.3 Å². The molecule has 0 radical (unpaired) electrons. The molecular weight excluding hydrogens is 203 g/mol. The highest BCUT2D eigenvalue weighted by Crippen LogP contribution is 2.13. The van der Waals surface area contributed by atoms with Gasteiger partial charge in [0.15, 0.2) is 0 Å². The monoisotopic (exact) mass is 222 g/mol. The minimum absolute atomic E-state index is 0.153. The molecule has 1 atom stereocenters. The predicted molar refractivity (Wildman–Crippen MR) is 63.7 cm³/mol. The van der Waals surface area contributed by atoms with Gasteiger partial charge in [-0.25, -0.2) is 4.39 Å². The lowest BCUT2D eigenvalue weighted by atomic mass is 10.1. The molecule has 1 N–H and O–H groups in total. The lowest BCUT2D eigenvalue weighted by molar-refractivity contribution is 0.388. The third-order valence-electron chi connectivity index (χ3n) is 3.14. The highest BCUT2D eigenvalue weighted by Gasteiger charge is 2.18. The predicted octanol–water partition coefficient (Wildman–Crippen LogP) is 1.87. The molecule has 0 bridgehead atoms. The van der Waals surface area contributed by atoms with Gasteiger partial charge in [0.2, 0.25) is 0 Å². The second-order valence-electron chi connectivity index (χ2n) is 4.68. The fourth-order valence-electron chi connectivity index (χ4n) is 2.26. The molecule has 0 aromatic heterocycles. The van der Waals surface area contributed by atoms with E-state index in [1.54, 1.807) is 12.1 Å². The summed E-state index contributed by atoms with van der Waals surface area (Å²) in [7, 11) is 2.16. The van der Waals surface area contributed by atoms with Crippen LogP contribution in [0.5, 0.6) is 0 Å². The van der Waals surface area contributed by atoms with Crippen LogP contribution in [0.1, 0.15) is 12.0 Å². The number of rotatable bonds is 4. The zero-order valence-electron chi connectivity index (χ0n) is 9.75. The molecule has 16 heavy (non-hydrogen) atoms. The lowest BCUT2D eigenvalue weighted by Gasteiger charge is -2.11. The van der Waals surface area contributed by atoms with E-state index in [0.717, 1.165) is 24.6 Å². The molecule has 1 unspecified atom stereocenters. The summed E-state index contributed by atoms with van der Waals surface area (Å²) in [5, 5.41) is 3.40. The highest BCUT2D eigenvalue weighted by atomic mass is 19.1. The first-order chi connectivity index (χ1) is 7.74. The van der Waals surface area contributed by atoms with E-state index in [2.05, 4.69) is 17.3 Å². The number of hydrogen-bond acceptors (Lipinski definition) is 2. The average Bonchev–Trinajstić information content (AvgIpc) is 2.64.